The number of phenolic OH excluding ortho intramolecular Hbond substituents is 1. The van der Waals surface area contributed by atoms with E-state index in [4.69, 9.17) is 27.9 Å². The van der Waals surface area contributed by atoms with Gasteiger partial charge >= 0.3 is 0 Å². The van der Waals surface area contributed by atoms with Crippen LogP contribution in [0.25, 0.3) is 10.9 Å². The van der Waals surface area contributed by atoms with Crippen LogP contribution in [-0.4, -0.2) is 36.4 Å². The van der Waals surface area contributed by atoms with Gasteiger partial charge in [0, 0.05) is 22.2 Å². The summed E-state index contributed by atoms with van der Waals surface area (Å²) in [5.41, 5.74) is 2.38. The average Bonchev–Trinajstić information content (AvgIpc) is 2.68. The molecule has 1 fully saturated rings. The molecule has 2 N–H and O–H groups in total. The fourth-order valence-corrected chi connectivity index (χ4v) is 4.03. The molecule has 0 unspecified atom stereocenters. The zero-order valence-corrected chi connectivity index (χ0v) is 15.6. The Hall–Kier alpha value is -1.85. The van der Waals surface area contributed by atoms with Gasteiger partial charge in [-0.2, -0.15) is 0 Å². The fourth-order valence-electron chi connectivity index (χ4n) is 3.64. The molecule has 0 saturated carbocycles. The maximum atomic E-state index is 11.0. The van der Waals surface area contributed by atoms with Crippen molar-refractivity contribution < 1.29 is 14.7 Å². The summed E-state index contributed by atoms with van der Waals surface area (Å²) in [5.74, 6) is 0.184. The van der Waals surface area contributed by atoms with E-state index in [0.717, 1.165) is 29.6 Å². The molecular formula is C20H19Cl2N2O2+. The Morgan fingerprint density at radius 1 is 1.08 bits per heavy atom. The third kappa shape index (κ3) is 3.26. The molecule has 1 aromatic heterocycles. The number of quaternary nitrogens is 1. The Bertz CT molecular complexity index is 925. The highest BCUT2D eigenvalue weighted by molar-refractivity contribution is 6.35. The maximum Gasteiger partial charge on any atom is 0.151 e. The lowest BCUT2D eigenvalue weighted by Crippen LogP contribution is -3.14. The molecule has 134 valence electrons. The summed E-state index contributed by atoms with van der Waals surface area (Å²) in [6.45, 7) is 3.09. The van der Waals surface area contributed by atoms with Gasteiger partial charge < -0.3 is 14.7 Å². The number of pyridine rings is 1. The van der Waals surface area contributed by atoms with Crippen LogP contribution in [0.4, 0.5) is 0 Å². The number of hydrogen-bond acceptors (Lipinski definition) is 3. The zero-order chi connectivity index (χ0) is 18.1. The quantitative estimate of drug-likeness (QED) is 0.722. The van der Waals surface area contributed by atoms with E-state index in [-0.39, 0.29) is 11.8 Å². The number of aromatic nitrogens is 1. The highest BCUT2D eigenvalue weighted by Gasteiger charge is 2.31. The van der Waals surface area contributed by atoms with Crippen LogP contribution in [0, 0.1) is 0 Å². The number of phenols is 1. The smallest absolute Gasteiger partial charge is 0.151 e. The monoisotopic (exact) mass is 389 g/mol. The van der Waals surface area contributed by atoms with Crippen LogP contribution in [0.3, 0.4) is 0 Å². The number of fused-ring (bicyclic) bond motifs is 1. The highest BCUT2D eigenvalue weighted by atomic mass is 35.5. The van der Waals surface area contributed by atoms with E-state index < -0.39 is 0 Å². The van der Waals surface area contributed by atoms with Crippen molar-refractivity contribution in [2.75, 3.05) is 26.3 Å². The number of aromatic hydroxyl groups is 1. The molecule has 0 aliphatic carbocycles. The van der Waals surface area contributed by atoms with E-state index in [1.807, 2.05) is 42.5 Å². The van der Waals surface area contributed by atoms with Crippen LogP contribution in [0.2, 0.25) is 10.0 Å². The van der Waals surface area contributed by atoms with Crippen LogP contribution in [-0.2, 0) is 4.74 Å². The standard InChI is InChI=1S/C20H18Cl2N2O2/c21-14-5-3-13(4-6-14)19(24-8-10-26-11-9-24)16-12-17(22)15-2-1-7-23-18(15)20(16)25/h1-7,12,19,25H,8-11H2/p+1/t19-/m0/s1. The van der Waals surface area contributed by atoms with Crippen molar-refractivity contribution in [2.24, 2.45) is 0 Å². The largest absolute Gasteiger partial charge is 0.505 e. The van der Waals surface area contributed by atoms with Crippen molar-refractivity contribution >= 4 is 34.1 Å². The van der Waals surface area contributed by atoms with Gasteiger partial charge in [-0.3, -0.25) is 4.98 Å². The summed E-state index contributed by atoms with van der Waals surface area (Å²) >= 11 is 12.6. The first kappa shape index (κ1) is 17.6. The number of rotatable bonds is 3. The number of nitrogens with zero attached hydrogens (tertiary/aromatic N) is 1. The molecule has 1 saturated heterocycles. The molecule has 4 rings (SSSR count). The van der Waals surface area contributed by atoms with Crippen molar-refractivity contribution in [1.29, 1.82) is 0 Å². The van der Waals surface area contributed by atoms with Crippen molar-refractivity contribution in [3.8, 4) is 5.75 Å². The number of halogens is 2. The molecule has 1 aliphatic heterocycles. The molecule has 3 aromatic rings. The molecule has 2 heterocycles. The third-order valence-electron chi connectivity index (χ3n) is 4.90. The molecule has 6 heteroatoms. The lowest BCUT2D eigenvalue weighted by molar-refractivity contribution is -0.933. The maximum absolute atomic E-state index is 11.0. The summed E-state index contributed by atoms with van der Waals surface area (Å²) in [4.78, 5) is 5.67. The molecule has 0 radical (unpaired) electrons. The second kappa shape index (κ2) is 7.41. The number of morpholine rings is 1. The second-order valence-electron chi connectivity index (χ2n) is 6.45. The fraction of sp³-hybridized carbons (Fsp3) is 0.250. The first-order valence-electron chi connectivity index (χ1n) is 8.59. The number of nitrogens with one attached hydrogen (secondary N) is 1. The van der Waals surface area contributed by atoms with Crippen LogP contribution in [0.15, 0.2) is 48.7 Å². The van der Waals surface area contributed by atoms with Gasteiger partial charge in [0.1, 0.15) is 24.6 Å². The molecule has 26 heavy (non-hydrogen) atoms. The molecular weight excluding hydrogens is 371 g/mol. The first-order chi connectivity index (χ1) is 12.6. The van der Waals surface area contributed by atoms with Gasteiger partial charge in [-0.15, -0.1) is 0 Å². The zero-order valence-electron chi connectivity index (χ0n) is 14.1. The minimum atomic E-state index is -0.0694. The van der Waals surface area contributed by atoms with E-state index in [1.165, 1.54) is 4.90 Å². The minimum Gasteiger partial charge on any atom is -0.505 e. The van der Waals surface area contributed by atoms with Gasteiger partial charge in [0.05, 0.1) is 23.8 Å². The average molecular weight is 390 g/mol. The van der Waals surface area contributed by atoms with Crippen LogP contribution in [0.5, 0.6) is 5.75 Å². The summed E-state index contributed by atoms with van der Waals surface area (Å²) in [6, 6.07) is 13.2. The normalized spacial score (nSPS) is 16.7. The van der Waals surface area contributed by atoms with Gasteiger partial charge in [-0.05, 0) is 30.3 Å². The van der Waals surface area contributed by atoms with Gasteiger partial charge in [-0.1, -0.05) is 35.3 Å². The predicted molar refractivity (Wildman–Crippen MR) is 103 cm³/mol. The highest BCUT2D eigenvalue weighted by Crippen LogP contribution is 2.37. The summed E-state index contributed by atoms with van der Waals surface area (Å²) < 4.78 is 5.52. The van der Waals surface area contributed by atoms with Crippen molar-refractivity contribution in [2.45, 2.75) is 6.04 Å². The van der Waals surface area contributed by atoms with E-state index in [0.29, 0.717) is 28.8 Å². The number of ether oxygens (including phenoxy) is 1. The summed E-state index contributed by atoms with van der Waals surface area (Å²) in [7, 11) is 0. The predicted octanol–water partition coefficient (Wildman–Crippen LogP) is 3.25. The summed E-state index contributed by atoms with van der Waals surface area (Å²) in [5, 5.41) is 13.0. The Kier molecular flexibility index (Phi) is 5.00. The van der Waals surface area contributed by atoms with Gasteiger partial charge in [-0.25, -0.2) is 0 Å². The van der Waals surface area contributed by atoms with Crippen LogP contribution >= 0.6 is 23.2 Å². The summed E-state index contributed by atoms with van der Waals surface area (Å²) in [6.07, 6.45) is 1.67. The Labute approximate surface area is 161 Å². The Morgan fingerprint density at radius 3 is 2.54 bits per heavy atom. The van der Waals surface area contributed by atoms with Gasteiger partial charge in [0.25, 0.3) is 0 Å². The Morgan fingerprint density at radius 2 is 1.81 bits per heavy atom. The van der Waals surface area contributed by atoms with Crippen molar-refractivity contribution in [1.82, 2.24) is 4.98 Å². The first-order valence-corrected chi connectivity index (χ1v) is 9.34. The van der Waals surface area contributed by atoms with Crippen molar-refractivity contribution in [3.05, 3.63) is 69.8 Å². The number of benzene rings is 2. The van der Waals surface area contributed by atoms with Crippen LogP contribution in [0.1, 0.15) is 17.2 Å². The van der Waals surface area contributed by atoms with E-state index in [2.05, 4.69) is 4.98 Å². The molecule has 0 bridgehead atoms. The lowest BCUT2D eigenvalue weighted by atomic mass is 9.94. The number of hydrogen-bond donors (Lipinski definition) is 2. The van der Waals surface area contributed by atoms with Crippen LogP contribution < -0.4 is 4.90 Å². The van der Waals surface area contributed by atoms with E-state index in [9.17, 15) is 5.11 Å². The molecule has 1 aliphatic rings. The van der Waals surface area contributed by atoms with E-state index >= 15 is 0 Å². The molecule has 2 aromatic carbocycles. The third-order valence-corrected chi connectivity index (χ3v) is 5.47. The molecule has 0 spiro atoms. The molecule has 4 nitrogen and oxygen atoms in total. The lowest BCUT2D eigenvalue weighted by Gasteiger charge is -2.32. The topological polar surface area (TPSA) is 46.8 Å². The van der Waals surface area contributed by atoms with E-state index in [1.54, 1.807) is 6.20 Å². The molecule has 1 atom stereocenters. The van der Waals surface area contributed by atoms with Crippen molar-refractivity contribution in [3.63, 3.8) is 0 Å². The minimum absolute atomic E-state index is 0.0694. The van der Waals surface area contributed by atoms with Gasteiger partial charge in [0.15, 0.2) is 5.75 Å². The van der Waals surface area contributed by atoms with Gasteiger partial charge in [0.2, 0.25) is 0 Å². The molecule has 0 amide bonds. The second-order valence-corrected chi connectivity index (χ2v) is 7.29. The Balaban J connectivity index is 1.89. The SMILES string of the molecule is Oc1c([C@H](c2ccc(Cl)cc2)[NH+]2CCOCC2)cc(Cl)c2cccnc12.